The van der Waals surface area contributed by atoms with Crippen LogP contribution < -0.4 is 5.73 Å². The smallest absolute Gasteiger partial charge is 0.298 e. The van der Waals surface area contributed by atoms with Gasteiger partial charge in [-0.25, -0.2) is 0 Å². The van der Waals surface area contributed by atoms with Gasteiger partial charge in [-0.05, 0) is 61.8 Å². The van der Waals surface area contributed by atoms with Gasteiger partial charge in [0.1, 0.15) is 23.0 Å². The summed E-state index contributed by atoms with van der Waals surface area (Å²) in [4.78, 5) is 11.2. The van der Waals surface area contributed by atoms with Crippen molar-refractivity contribution in [2.75, 3.05) is 0 Å². The fraction of sp³-hybridized carbons (Fsp3) is 0.400. The molecule has 0 bridgehead atoms. The van der Waals surface area contributed by atoms with Gasteiger partial charge in [0.25, 0.3) is 6.47 Å². The normalized spacial score (nSPS) is 17.2. The van der Waals surface area contributed by atoms with E-state index in [0.717, 1.165) is 48.3 Å². The van der Waals surface area contributed by atoms with Gasteiger partial charge in [-0.3, -0.25) is 4.79 Å². The third kappa shape index (κ3) is 5.42. The summed E-state index contributed by atoms with van der Waals surface area (Å²) >= 11 is 0. The second-order valence-corrected chi connectivity index (χ2v) is 7.95. The van der Waals surface area contributed by atoms with E-state index in [1.165, 1.54) is 0 Å². The summed E-state index contributed by atoms with van der Waals surface area (Å²) in [5.74, 6) is 2.58. The summed E-state index contributed by atoms with van der Waals surface area (Å²) in [6, 6.07) is 13.9. The van der Waals surface area contributed by atoms with Gasteiger partial charge in [0, 0.05) is 17.9 Å². The lowest BCUT2D eigenvalue weighted by atomic mass is 9.90. The SMILES string of the molecule is CCC(Cc1ccccc1)/C(=C/C(O)=C(\C)C(c1ccc(CN)o1)C1CC1)OC=O. The highest BCUT2D eigenvalue weighted by atomic mass is 16.5. The molecular weight excluding hydrogens is 378 g/mol. The maximum absolute atomic E-state index is 11.2. The highest BCUT2D eigenvalue weighted by molar-refractivity contribution is 5.42. The molecule has 1 aliphatic carbocycles. The molecule has 1 heterocycles. The van der Waals surface area contributed by atoms with E-state index in [-0.39, 0.29) is 17.6 Å². The molecule has 5 nitrogen and oxygen atoms in total. The molecule has 1 aromatic heterocycles. The zero-order valence-corrected chi connectivity index (χ0v) is 17.7. The Balaban J connectivity index is 1.89. The van der Waals surface area contributed by atoms with Crippen molar-refractivity contribution in [3.8, 4) is 0 Å². The van der Waals surface area contributed by atoms with Gasteiger partial charge < -0.3 is 20.0 Å². The average Bonchev–Trinajstić information content (AvgIpc) is 3.48. The lowest BCUT2D eigenvalue weighted by Crippen LogP contribution is -2.11. The first-order chi connectivity index (χ1) is 14.6. The van der Waals surface area contributed by atoms with E-state index < -0.39 is 0 Å². The van der Waals surface area contributed by atoms with Crippen molar-refractivity contribution in [3.05, 3.63) is 82.7 Å². The Morgan fingerprint density at radius 2 is 2.00 bits per heavy atom. The second-order valence-electron chi connectivity index (χ2n) is 7.95. The van der Waals surface area contributed by atoms with Gasteiger partial charge in [0.15, 0.2) is 0 Å². The third-order valence-corrected chi connectivity index (χ3v) is 5.84. The number of aliphatic hydroxyl groups is 1. The number of furan rings is 1. The monoisotopic (exact) mass is 409 g/mol. The number of ether oxygens (including phenoxy) is 1. The molecule has 1 saturated carbocycles. The van der Waals surface area contributed by atoms with Crippen LogP contribution in [0.25, 0.3) is 0 Å². The Hall–Kier alpha value is -2.79. The molecule has 2 aromatic rings. The number of allylic oxidation sites excluding steroid dienone is 3. The van der Waals surface area contributed by atoms with Crippen molar-refractivity contribution in [1.29, 1.82) is 0 Å². The van der Waals surface area contributed by atoms with Crippen LogP contribution in [0.5, 0.6) is 0 Å². The molecule has 30 heavy (non-hydrogen) atoms. The molecule has 0 radical (unpaired) electrons. The Morgan fingerprint density at radius 1 is 1.27 bits per heavy atom. The van der Waals surface area contributed by atoms with Gasteiger partial charge in [0.2, 0.25) is 0 Å². The van der Waals surface area contributed by atoms with Gasteiger partial charge in [-0.15, -0.1) is 0 Å². The van der Waals surface area contributed by atoms with Crippen LogP contribution in [0.2, 0.25) is 0 Å². The fourth-order valence-corrected chi connectivity index (χ4v) is 3.96. The van der Waals surface area contributed by atoms with Gasteiger partial charge in [-0.2, -0.15) is 0 Å². The maximum Gasteiger partial charge on any atom is 0.298 e. The predicted molar refractivity (Wildman–Crippen MR) is 117 cm³/mol. The van der Waals surface area contributed by atoms with Crippen molar-refractivity contribution < 1.29 is 19.1 Å². The number of carbonyl (C=O) groups excluding carboxylic acids is 1. The van der Waals surface area contributed by atoms with Crippen molar-refractivity contribution in [2.45, 2.75) is 52.0 Å². The Kier molecular flexibility index (Phi) is 7.52. The van der Waals surface area contributed by atoms with Crippen LogP contribution in [0.15, 0.2) is 70.0 Å². The molecule has 3 N–H and O–H groups in total. The summed E-state index contributed by atoms with van der Waals surface area (Å²) in [5, 5.41) is 10.9. The van der Waals surface area contributed by atoms with E-state index in [2.05, 4.69) is 12.1 Å². The van der Waals surface area contributed by atoms with E-state index in [1.807, 2.05) is 44.2 Å². The fourth-order valence-electron chi connectivity index (χ4n) is 3.96. The number of carbonyl (C=O) groups is 1. The van der Waals surface area contributed by atoms with Crippen LogP contribution in [-0.2, 0) is 22.5 Å². The largest absolute Gasteiger partial charge is 0.508 e. The number of hydrogen-bond acceptors (Lipinski definition) is 5. The number of rotatable bonds is 11. The highest BCUT2D eigenvalue weighted by Gasteiger charge is 2.36. The lowest BCUT2D eigenvalue weighted by molar-refractivity contribution is -0.125. The van der Waals surface area contributed by atoms with Crippen LogP contribution in [0, 0.1) is 11.8 Å². The minimum absolute atomic E-state index is 0.00627. The van der Waals surface area contributed by atoms with Crippen LogP contribution in [0.3, 0.4) is 0 Å². The lowest BCUT2D eigenvalue weighted by Gasteiger charge is -2.19. The minimum Gasteiger partial charge on any atom is -0.508 e. The molecule has 1 aromatic carbocycles. The minimum atomic E-state index is -0.0145. The molecule has 1 aliphatic rings. The summed E-state index contributed by atoms with van der Waals surface area (Å²) in [7, 11) is 0. The average molecular weight is 410 g/mol. The molecule has 2 atom stereocenters. The van der Waals surface area contributed by atoms with Crippen molar-refractivity contribution in [2.24, 2.45) is 17.6 Å². The first-order valence-corrected chi connectivity index (χ1v) is 10.6. The van der Waals surface area contributed by atoms with E-state index in [9.17, 15) is 9.90 Å². The van der Waals surface area contributed by atoms with Crippen LogP contribution >= 0.6 is 0 Å². The number of nitrogens with two attached hydrogens (primary N) is 1. The Bertz CT molecular complexity index is 893. The van der Waals surface area contributed by atoms with E-state index in [1.54, 1.807) is 6.08 Å². The first kappa shape index (κ1) is 21.9. The predicted octanol–water partition coefficient (Wildman–Crippen LogP) is 5.39. The molecule has 0 amide bonds. The number of aliphatic hydroxyl groups excluding tert-OH is 1. The van der Waals surface area contributed by atoms with E-state index >= 15 is 0 Å². The van der Waals surface area contributed by atoms with Crippen LogP contribution in [0.4, 0.5) is 0 Å². The molecule has 1 fully saturated rings. The quantitative estimate of drug-likeness (QED) is 0.295. The molecule has 0 aliphatic heterocycles. The maximum atomic E-state index is 11.2. The summed E-state index contributed by atoms with van der Waals surface area (Å²) in [5.41, 5.74) is 7.66. The summed E-state index contributed by atoms with van der Waals surface area (Å²) < 4.78 is 11.2. The van der Waals surface area contributed by atoms with Gasteiger partial charge in [0.05, 0.1) is 6.54 Å². The zero-order chi connectivity index (χ0) is 21.5. The molecule has 160 valence electrons. The van der Waals surface area contributed by atoms with E-state index in [4.69, 9.17) is 14.9 Å². The molecule has 2 unspecified atom stereocenters. The molecular formula is C25H31NO4. The number of benzene rings is 1. The van der Waals surface area contributed by atoms with Gasteiger partial charge in [-0.1, -0.05) is 37.3 Å². The highest BCUT2D eigenvalue weighted by Crippen LogP contribution is 2.47. The van der Waals surface area contributed by atoms with Gasteiger partial charge >= 0.3 is 0 Å². The van der Waals surface area contributed by atoms with Crippen molar-refractivity contribution in [1.82, 2.24) is 0 Å². The van der Waals surface area contributed by atoms with E-state index in [0.29, 0.717) is 24.7 Å². The molecule has 0 saturated heterocycles. The Labute approximate surface area is 178 Å². The topological polar surface area (TPSA) is 85.7 Å². The second kappa shape index (κ2) is 10.3. The first-order valence-electron chi connectivity index (χ1n) is 10.6. The third-order valence-electron chi connectivity index (χ3n) is 5.84. The Morgan fingerprint density at radius 3 is 2.57 bits per heavy atom. The standard InChI is InChI=1S/C25H31NO4/c1-3-19(13-18-7-5-4-6-8-18)24(29-16-27)14-22(28)17(2)25(20-9-10-20)23-12-11-21(15-26)30-23/h4-8,11-12,14,16,19-20,25,28H,3,9-10,13,15,26H2,1-2H3/b22-17-,24-14-. The zero-order valence-electron chi connectivity index (χ0n) is 17.7. The summed E-state index contributed by atoms with van der Waals surface area (Å²) in [6.45, 7) is 4.74. The number of hydrogen-bond donors (Lipinski definition) is 2. The van der Waals surface area contributed by atoms with Crippen molar-refractivity contribution in [3.63, 3.8) is 0 Å². The molecule has 0 spiro atoms. The molecule has 5 heteroatoms. The van der Waals surface area contributed by atoms with Crippen LogP contribution in [0.1, 0.15) is 56.1 Å². The van der Waals surface area contributed by atoms with Crippen molar-refractivity contribution >= 4 is 6.47 Å². The van der Waals surface area contributed by atoms with Crippen LogP contribution in [-0.4, -0.2) is 11.6 Å². The molecule has 3 rings (SSSR count). The summed E-state index contributed by atoms with van der Waals surface area (Å²) in [6.07, 6.45) is 5.31.